The van der Waals surface area contributed by atoms with Crippen molar-refractivity contribution in [3.05, 3.63) is 29.3 Å². The van der Waals surface area contributed by atoms with Gasteiger partial charge in [0, 0.05) is 0 Å². The molecule has 5 heteroatoms. The fraction of sp³-hybridized carbons (Fsp3) is 0.462. The van der Waals surface area contributed by atoms with E-state index in [0.717, 1.165) is 24.6 Å². The molecule has 98 valence electrons. The zero-order chi connectivity index (χ0) is 13.3. The van der Waals surface area contributed by atoms with Gasteiger partial charge >= 0.3 is 5.97 Å². The number of carbonyl (C=O) groups is 1. The van der Waals surface area contributed by atoms with E-state index < -0.39 is 17.6 Å². The Balaban J connectivity index is 2.33. The van der Waals surface area contributed by atoms with Gasteiger partial charge in [0.2, 0.25) is 0 Å². The molecule has 1 fully saturated rings. The first-order valence-electron chi connectivity index (χ1n) is 5.77. The number of halogens is 2. The van der Waals surface area contributed by atoms with E-state index in [9.17, 15) is 13.6 Å². The van der Waals surface area contributed by atoms with Gasteiger partial charge in [0.15, 0.2) is 0 Å². The maximum absolute atomic E-state index is 13.7. The van der Waals surface area contributed by atoms with Crippen LogP contribution in [-0.2, 0) is 4.79 Å². The highest BCUT2D eigenvalue weighted by molar-refractivity contribution is 7.98. The van der Waals surface area contributed by atoms with Gasteiger partial charge in [-0.15, -0.1) is 11.8 Å². The van der Waals surface area contributed by atoms with Crippen LogP contribution in [0.25, 0.3) is 0 Å². The van der Waals surface area contributed by atoms with Crippen LogP contribution in [0.3, 0.4) is 0 Å². The third-order valence-corrected chi connectivity index (χ3v) is 4.04. The molecular formula is C13H14F2O2S. The second kappa shape index (κ2) is 5.26. The summed E-state index contributed by atoms with van der Waals surface area (Å²) in [5.74, 6) is -2.16. The van der Waals surface area contributed by atoms with E-state index in [4.69, 9.17) is 5.11 Å². The van der Waals surface area contributed by atoms with Crippen molar-refractivity contribution in [2.75, 3.05) is 6.26 Å². The molecule has 18 heavy (non-hydrogen) atoms. The molecule has 0 aliphatic heterocycles. The lowest BCUT2D eigenvalue weighted by Crippen LogP contribution is -2.09. The van der Waals surface area contributed by atoms with Gasteiger partial charge in [0.05, 0.1) is 11.3 Å². The van der Waals surface area contributed by atoms with Crippen LogP contribution in [-0.4, -0.2) is 17.3 Å². The summed E-state index contributed by atoms with van der Waals surface area (Å²) in [4.78, 5) is 10.8. The third kappa shape index (κ3) is 2.83. The smallest absolute Gasteiger partial charge is 0.303 e. The Morgan fingerprint density at radius 1 is 1.44 bits per heavy atom. The summed E-state index contributed by atoms with van der Waals surface area (Å²) in [7, 11) is 0. The monoisotopic (exact) mass is 272 g/mol. The lowest BCUT2D eigenvalue weighted by Gasteiger charge is -2.15. The Morgan fingerprint density at radius 2 is 2.00 bits per heavy atom. The van der Waals surface area contributed by atoms with Crippen LogP contribution in [0.5, 0.6) is 0 Å². The number of hydrogen-bond acceptors (Lipinski definition) is 2. The summed E-state index contributed by atoms with van der Waals surface area (Å²) < 4.78 is 27.4. The molecule has 0 aromatic heterocycles. The zero-order valence-corrected chi connectivity index (χ0v) is 10.8. The lowest BCUT2D eigenvalue weighted by molar-refractivity contribution is -0.137. The van der Waals surface area contributed by atoms with E-state index in [-0.39, 0.29) is 23.2 Å². The quantitative estimate of drug-likeness (QED) is 0.831. The predicted molar refractivity (Wildman–Crippen MR) is 65.9 cm³/mol. The highest BCUT2D eigenvalue weighted by Crippen LogP contribution is 2.45. The average molecular weight is 272 g/mol. The third-order valence-electron chi connectivity index (χ3n) is 3.24. The van der Waals surface area contributed by atoms with Crippen molar-refractivity contribution in [3.63, 3.8) is 0 Å². The molecule has 0 spiro atoms. The molecule has 2 nitrogen and oxygen atoms in total. The number of aliphatic carboxylic acids is 1. The van der Waals surface area contributed by atoms with Gasteiger partial charge in [-0.1, -0.05) is 0 Å². The standard InChI is InChI=1S/C13H14F2O2S/c1-18-13-10(14)4-8(5-11(13)15)9(6-12(16)17)7-2-3-7/h4-5,7,9H,2-3,6H2,1H3,(H,16,17). The summed E-state index contributed by atoms with van der Waals surface area (Å²) >= 11 is 1.01. The van der Waals surface area contributed by atoms with Crippen molar-refractivity contribution < 1.29 is 18.7 Å². The van der Waals surface area contributed by atoms with Gasteiger partial charge in [-0.05, 0) is 48.6 Å². The molecule has 1 saturated carbocycles. The number of carboxylic acids is 1. The van der Waals surface area contributed by atoms with Crippen LogP contribution in [0.4, 0.5) is 8.78 Å². The molecule has 0 saturated heterocycles. The van der Waals surface area contributed by atoms with E-state index >= 15 is 0 Å². The molecule has 1 N–H and O–H groups in total. The van der Waals surface area contributed by atoms with Crippen molar-refractivity contribution in [3.8, 4) is 0 Å². The van der Waals surface area contributed by atoms with E-state index in [2.05, 4.69) is 0 Å². The molecule has 0 bridgehead atoms. The number of benzene rings is 1. The van der Waals surface area contributed by atoms with E-state index in [0.29, 0.717) is 5.56 Å². The average Bonchev–Trinajstić information content (AvgIpc) is 3.09. The summed E-state index contributed by atoms with van der Waals surface area (Å²) in [6.45, 7) is 0. The van der Waals surface area contributed by atoms with Crippen LogP contribution >= 0.6 is 11.8 Å². The van der Waals surface area contributed by atoms with Crippen LogP contribution in [0.2, 0.25) is 0 Å². The number of rotatable bonds is 5. The first-order chi connectivity index (χ1) is 8.52. The molecule has 1 aromatic carbocycles. The summed E-state index contributed by atoms with van der Waals surface area (Å²) in [5.41, 5.74) is 0.465. The van der Waals surface area contributed by atoms with Crippen molar-refractivity contribution in [2.45, 2.75) is 30.1 Å². The molecular weight excluding hydrogens is 258 g/mol. The molecule has 1 aliphatic carbocycles. The molecule has 1 unspecified atom stereocenters. The van der Waals surface area contributed by atoms with E-state index in [1.54, 1.807) is 6.26 Å². The van der Waals surface area contributed by atoms with E-state index in [1.165, 1.54) is 12.1 Å². The molecule has 0 radical (unpaired) electrons. The van der Waals surface area contributed by atoms with Crippen molar-refractivity contribution in [1.82, 2.24) is 0 Å². The molecule has 0 amide bonds. The SMILES string of the molecule is CSc1c(F)cc(C(CC(=O)O)C2CC2)cc1F. The normalized spacial score (nSPS) is 16.6. The highest BCUT2D eigenvalue weighted by atomic mass is 32.2. The van der Waals surface area contributed by atoms with Crippen LogP contribution in [0.15, 0.2) is 17.0 Å². The fourth-order valence-electron chi connectivity index (χ4n) is 2.23. The van der Waals surface area contributed by atoms with Crippen LogP contribution in [0, 0.1) is 17.6 Å². The maximum atomic E-state index is 13.7. The predicted octanol–water partition coefficient (Wildman–Crippen LogP) is 3.66. The Kier molecular flexibility index (Phi) is 3.90. The zero-order valence-electron chi connectivity index (χ0n) is 9.95. The topological polar surface area (TPSA) is 37.3 Å². The molecule has 1 atom stereocenters. The molecule has 2 rings (SSSR count). The minimum Gasteiger partial charge on any atom is -0.481 e. The summed E-state index contributed by atoms with van der Waals surface area (Å²) in [6, 6.07) is 2.56. The van der Waals surface area contributed by atoms with Crippen LogP contribution in [0.1, 0.15) is 30.7 Å². The number of thioether (sulfide) groups is 1. The highest BCUT2D eigenvalue weighted by Gasteiger charge is 2.34. The molecule has 1 aliphatic rings. The van der Waals surface area contributed by atoms with Crippen molar-refractivity contribution in [1.29, 1.82) is 0 Å². The van der Waals surface area contributed by atoms with Crippen LogP contribution < -0.4 is 0 Å². The van der Waals surface area contributed by atoms with Gasteiger partial charge in [-0.3, -0.25) is 4.79 Å². The number of carboxylic acid groups (broad SMARTS) is 1. The molecule has 0 heterocycles. The number of hydrogen-bond donors (Lipinski definition) is 1. The second-order valence-electron chi connectivity index (χ2n) is 4.56. The minimum atomic E-state index is -0.929. The van der Waals surface area contributed by atoms with Gasteiger partial charge in [-0.25, -0.2) is 8.78 Å². The Labute approximate surface area is 108 Å². The van der Waals surface area contributed by atoms with Gasteiger partial charge in [-0.2, -0.15) is 0 Å². The maximum Gasteiger partial charge on any atom is 0.303 e. The minimum absolute atomic E-state index is 0.0105. The van der Waals surface area contributed by atoms with Gasteiger partial charge in [0.25, 0.3) is 0 Å². The fourth-order valence-corrected chi connectivity index (χ4v) is 2.74. The Hall–Kier alpha value is -1.10. The first kappa shape index (κ1) is 13.3. The van der Waals surface area contributed by atoms with Crippen molar-refractivity contribution >= 4 is 17.7 Å². The largest absolute Gasteiger partial charge is 0.481 e. The summed E-state index contributed by atoms with van der Waals surface area (Å²) in [5, 5.41) is 8.87. The summed E-state index contributed by atoms with van der Waals surface area (Å²) in [6.07, 6.45) is 3.41. The second-order valence-corrected chi connectivity index (χ2v) is 5.38. The first-order valence-corrected chi connectivity index (χ1v) is 7.00. The Bertz CT molecular complexity index is 449. The van der Waals surface area contributed by atoms with E-state index in [1.807, 2.05) is 0 Å². The van der Waals surface area contributed by atoms with Gasteiger partial charge in [0.1, 0.15) is 11.6 Å². The van der Waals surface area contributed by atoms with Crippen molar-refractivity contribution in [2.24, 2.45) is 5.92 Å². The molecule has 1 aromatic rings. The Morgan fingerprint density at radius 3 is 2.39 bits per heavy atom. The van der Waals surface area contributed by atoms with Gasteiger partial charge < -0.3 is 5.11 Å². The lowest BCUT2D eigenvalue weighted by atomic mass is 9.91.